The fourth-order valence-electron chi connectivity index (χ4n) is 2.66. The van der Waals surface area contributed by atoms with Gasteiger partial charge in [0.05, 0.1) is 23.8 Å². The molecule has 1 fully saturated rings. The molecular formula is C14H27N3O. The van der Waals surface area contributed by atoms with Crippen molar-refractivity contribution in [1.29, 1.82) is 5.26 Å². The normalized spacial score (nSPS) is 25.9. The third kappa shape index (κ3) is 5.34. The molecule has 18 heavy (non-hydrogen) atoms. The molecule has 0 aliphatic carbocycles. The third-order valence-electron chi connectivity index (χ3n) is 3.06. The van der Waals surface area contributed by atoms with Gasteiger partial charge in [-0.05, 0) is 41.0 Å². The van der Waals surface area contributed by atoms with Crippen LogP contribution in [0.4, 0.5) is 0 Å². The Bertz CT molecular complexity index is 296. The molecule has 0 radical (unpaired) electrons. The van der Waals surface area contributed by atoms with Crippen LogP contribution in [0.3, 0.4) is 0 Å². The van der Waals surface area contributed by atoms with Gasteiger partial charge >= 0.3 is 0 Å². The number of hydrogen-bond acceptors (Lipinski definition) is 4. The molecule has 2 atom stereocenters. The maximum absolute atomic E-state index is 9.10. The summed E-state index contributed by atoms with van der Waals surface area (Å²) in [5.74, 6) is 0. The Morgan fingerprint density at radius 2 is 2.17 bits per heavy atom. The molecule has 0 aromatic rings. The van der Waals surface area contributed by atoms with Crippen molar-refractivity contribution >= 4 is 0 Å². The fourth-order valence-corrected chi connectivity index (χ4v) is 2.66. The molecule has 4 heteroatoms. The Morgan fingerprint density at radius 3 is 2.67 bits per heavy atom. The average molecular weight is 253 g/mol. The number of rotatable bonds is 5. The molecule has 1 rings (SSSR count). The van der Waals surface area contributed by atoms with E-state index in [1.54, 1.807) is 0 Å². The molecule has 0 saturated carbocycles. The van der Waals surface area contributed by atoms with E-state index in [0.717, 1.165) is 26.1 Å². The van der Waals surface area contributed by atoms with Gasteiger partial charge in [0.1, 0.15) is 0 Å². The second-order valence-electron chi connectivity index (χ2n) is 6.22. The maximum Gasteiger partial charge on any atom is 0.0967 e. The molecule has 2 unspecified atom stereocenters. The predicted octanol–water partition coefficient (Wildman–Crippen LogP) is 1.77. The first-order valence-corrected chi connectivity index (χ1v) is 6.88. The van der Waals surface area contributed by atoms with Crippen LogP contribution in [0.1, 0.15) is 41.0 Å². The number of nitrogens with zero attached hydrogens (tertiary/aromatic N) is 2. The van der Waals surface area contributed by atoms with Gasteiger partial charge in [-0.25, -0.2) is 0 Å². The van der Waals surface area contributed by atoms with E-state index in [0.29, 0.717) is 6.04 Å². The molecule has 1 heterocycles. The molecule has 0 bridgehead atoms. The maximum atomic E-state index is 9.10. The molecule has 0 amide bonds. The Morgan fingerprint density at radius 1 is 1.50 bits per heavy atom. The standard InChI is InChI=1S/C14H27N3O/c1-11(2)16-13(8-15)6-7-17-9-12(3)18-14(4,5)10-17/h11-13,16H,6-7,9-10H2,1-5H3. The summed E-state index contributed by atoms with van der Waals surface area (Å²) in [4.78, 5) is 2.40. The molecule has 0 aromatic carbocycles. The van der Waals surface area contributed by atoms with Crippen LogP contribution in [0, 0.1) is 11.3 Å². The van der Waals surface area contributed by atoms with Crippen molar-refractivity contribution in [3.63, 3.8) is 0 Å². The van der Waals surface area contributed by atoms with Crippen LogP contribution in [0.15, 0.2) is 0 Å². The Kier molecular flexibility index (Phi) is 5.58. The zero-order valence-corrected chi connectivity index (χ0v) is 12.4. The molecule has 1 N–H and O–H groups in total. The van der Waals surface area contributed by atoms with E-state index in [1.165, 1.54) is 0 Å². The Labute approximate surface area is 111 Å². The van der Waals surface area contributed by atoms with Crippen molar-refractivity contribution < 1.29 is 4.74 Å². The highest BCUT2D eigenvalue weighted by molar-refractivity contribution is 4.92. The number of nitrogens with one attached hydrogen (secondary N) is 1. The lowest BCUT2D eigenvalue weighted by molar-refractivity contribution is -0.128. The summed E-state index contributed by atoms with van der Waals surface area (Å²) in [6.45, 7) is 13.4. The van der Waals surface area contributed by atoms with Gasteiger partial charge < -0.3 is 4.74 Å². The van der Waals surface area contributed by atoms with Crippen LogP contribution in [0.2, 0.25) is 0 Å². The number of hydrogen-bond donors (Lipinski definition) is 1. The lowest BCUT2D eigenvalue weighted by Gasteiger charge is -2.42. The number of nitriles is 1. The molecule has 0 spiro atoms. The predicted molar refractivity (Wildman–Crippen MR) is 73.4 cm³/mol. The first-order valence-electron chi connectivity index (χ1n) is 6.88. The molecule has 0 aromatic heterocycles. The highest BCUT2D eigenvalue weighted by Crippen LogP contribution is 2.20. The minimum atomic E-state index is -0.0781. The van der Waals surface area contributed by atoms with Gasteiger partial charge in [0.25, 0.3) is 0 Å². The van der Waals surface area contributed by atoms with Crippen molar-refractivity contribution in [3.8, 4) is 6.07 Å². The fraction of sp³-hybridized carbons (Fsp3) is 0.929. The summed E-state index contributed by atoms with van der Waals surface area (Å²) < 4.78 is 5.88. The van der Waals surface area contributed by atoms with Gasteiger partial charge in [0, 0.05) is 25.7 Å². The molecule has 4 nitrogen and oxygen atoms in total. The van der Waals surface area contributed by atoms with Crippen LogP contribution in [0.5, 0.6) is 0 Å². The zero-order chi connectivity index (χ0) is 13.8. The van der Waals surface area contributed by atoms with Crippen LogP contribution >= 0.6 is 0 Å². The van der Waals surface area contributed by atoms with Gasteiger partial charge in [0.15, 0.2) is 0 Å². The molecule has 104 valence electrons. The first kappa shape index (κ1) is 15.4. The van der Waals surface area contributed by atoms with Crippen molar-refractivity contribution in [2.24, 2.45) is 0 Å². The molecular weight excluding hydrogens is 226 g/mol. The van der Waals surface area contributed by atoms with Crippen LogP contribution in [-0.2, 0) is 4.74 Å². The van der Waals surface area contributed by atoms with E-state index in [1.807, 2.05) is 0 Å². The monoisotopic (exact) mass is 253 g/mol. The van der Waals surface area contributed by atoms with Gasteiger partial charge in [-0.1, -0.05) is 0 Å². The third-order valence-corrected chi connectivity index (χ3v) is 3.06. The SMILES string of the molecule is CC(C)NC(C#N)CCN1CC(C)OC(C)(C)C1. The Hall–Kier alpha value is -0.630. The summed E-state index contributed by atoms with van der Waals surface area (Å²) in [6.07, 6.45) is 1.14. The highest BCUT2D eigenvalue weighted by Gasteiger charge is 2.31. The second kappa shape index (κ2) is 6.51. The van der Waals surface area contributed by atoms with Gasteiger partial charge in [0.2, 0.25) is 0 Å². The van der Waals surface area contributed by atoms with E-state index in [2.05, 4.69) is 50.9 Å². The first-order chi connectivity index (χ1) is 8.32. The van der Waals surface area contributed by atoms with Crippen molar-refractivity contribution in [2.75, 3.05) is 19.6 Å². The van der Waals surface area contributed by atoms with Gasteiger partial charge in [-0.3, -0.25) is 10.2 Å². The molecule has 1 aliphatic rings. The summed E-state index contributed by atoms with van der Waals surface area (Å²) in [6, 6.07) is 2.64. The minimum absolute atomic E-state index is 0.0498. The van der Waals surface area contributed by atoms with Gasteiger partial charge in [-0.15, -0.1) is 0 Å². The summed E-state index contributed by atoms with van der Waals surface area (Å²) >= 11 is 0. The largest absolute Gasteiger partial charge is 0.370 e. The number of morpholine rings is 1. The van der Waals surface area contributed by atoms with E-state index < -0.39 is 0 Å². The summed E-state index contributed by atoms with van der Waals surface area (Å²) in [7, 11) is 0. The van der Waals surface area contributed by atoms with Crippen LogP contribution < -0.4 is 5.32 Å². The van der Waals surface area contributed by atoms with Crippen LogP contribution in [-0.4, -0.2) is 48.3 Å². The van der Waals surface area contributed by atoms with Crippen LogP contribution in [0.25, 0.3) is 0 Å². The molecule has 1 saturated heterocycles. The minimum Gasteiger partial charge on any atom is -0.370 e. The lowest BCUT2D eigenvalue weighted by atomic mass is 10.0. The van der Waals surface area contributed by atoms with Gasteiger partial charge in [-0.2, -0.15) is 5.26 Å². The van der Waals surface area contributed by atoms with E-state index in [-0.39, 0.29) is 17.7 Å². The summed E-state index contributed by atoms with van der Waals surface area (Å²) in [5, 5.41) is 12.4. The number of ether oxygens (including phenoxy) is 1. The van der Waals surface area contributed by atoms with E-state index >= 15 is 0 Å². The second-order valence-corrected chi connectivity index (χ2v) is 6.22. The van der Waals surface area contributed by atoms with E-state index in [4.69, 9.17) is 10.00 Å². The van der Waals surface area contributed by atoms with Crippen molar-refractivity contribution in [3.05, 3.63) is 0 Å². The zero-order valence-electron chi connectivity index (χ0n) is 12.4. The molecule has 1 aliphatic heterocycles. The summed E-state index contributed by atoms with van der Waals surface area (Å²) in [5.41, 5.74) is -0.0781. The van der Waals surface area contributed by atoms with Crippen molar-refractivity contribution in [2.45, 2.75) is 64.8 Å². The average Bonchev–Trinajstić information content (AvgIpc) is 2.20. The quantitative estimate of drug-likeness (QED) is 0.811. The topological polar surface area (TPSA) is 48.3 Å². The van der Waals surface area contributed by atoms with Crippen molar-refractivity contribution in [1.82, 2.24) is 10.2 Å². The van der Waals surface area contributed by atoms with E-state index in [9.17, 15) is 0 Å². The highest BCUT2D eigenvalue weighted by atomic mass is 16.5. The smallest absolute Gasteiger partial charge is 0.0967 e. The Balaban J connectivity index is 2.40. The lowest BCUT2D eigenvalue weighted by Crippen LogP contribution is -2.52.